The standard InChI is InChI=1S/C23H32N4O3/c28-21-9-8-20(25-26-21)22(29)24-17-19-10-11-23(30-19)12-15-27(16-13-23)14-4-7-18-5-2-1-3-6-18/h1-3,5-6,19H,4,7-17H2,(H,24,29)(H,26,28). The number of nitrogens with zero attached hydrogens (tertiary/aromatic N) is 2. The lowest BCUT2D eigenvalue weighted by Crippen LogP contribution is -2.46. The van der Waals surface area contributed by atoms with Gasteiger partial charge in [-0.3, -0.25) is 9.59 Å². The molecule has 0 radical (unpaired) electrons. The Balaban J connectivity index is 1.15. The third-order valence-electron chi connectivity index (χ3n) is 6.55. The van der Waals surface area contributed by atoms with Crippen LogP contribution in [0.1, 0.15) is 50.5 Å². The van der Waals surface area contributed by atoms with Gasteiger partial charge in [0.25, 0.3) is 5.91 Å². The van der Waals surface area contributed by atoms with E-state index in [2.05, 4.69) is 51.1 Å². The molecule has 2 saturated heterocycles. The first-order valence-corrected chi connectivity index (χ1v) is 11.2. The molecule has 162 valence electrons. The Morgan fingerprint density at radius 2 is 2.00 bits per heavy atom. The second-order valence-electron chi connectivity index (χ2n) is 8.70. The molecule has 3 aliphatic heterocycles. The number of rotatable bonds is 7. The van der Waals surface area contributed by atoms with Crippen LogP contribution >= 0.6 is 0 Å². The molecule has 2 fully saturated rings. The van der Waals surface area contributed by atoms with Crippen molar-refractivity contribution in [3.8, 4) is 0 Å². The van der Waals surface area contributed by atoms with Crippen LogP contribution in [0, 0.1) is 0 Å². The van der Waals surface area contributed by atoms with Crippen molar-refractivity contribution >= 4 is 17.5 Å². The molecule has 1 atom stereocenters. The number of hydrogen-bond acceptors (Lipinski definition) is 5. The topological polar surface area (TPSA) is 83.0 Å². The molecule has 3 heterocycles. The highest BCUT2D eigenvalue weighted by Gasteiger charge is 2.42. The van der Waals surface area contributed by atoms with Gasteiger partial charge in [0.2, 0.25) is 5.91 Å². The van der Waals surface area contributed by atoms with Crippen molar-refractivity contribution in [1.29, 1.82) is 0 Å². The van der Waals surface area contributed by atoms with Crippen molar-refractivity contribution < 1.29 is 14.3 Å². The largest absolute Gasteiger partial charge is 0.370 e. The van der Waals surface area contributed by atoms with Crippen LogP contribution in [0.5, 0.6) is 0 Å². The predicted molar refractivity (Wildman–Crippen MR) is 115 cm³/mol. The van der Waals surface area contributed by atoms with E-state index in [-0.39, 0.29) is 23.5 Å². The molecule has 1 aromatic rings. The van der Waals surface area contributed by atoms with Crippen LogP contribution < -0.4 is 10.7 Å². The van der Waals surface area contributed by atoms with E-state index in [0.717, 1.165) is 51.7 Å². The highest BCUT2D eigenvalue weighted by molar-refractivity contribution is 6.39. The Hall–Kier alpha value is -2.25. The molecule has 2 N–H and O–H groups in total. The highest BCUT2D eigenvalue weighted by Crippen LogP contribution is 2.38. The Kier molecular flexibility index (Phi) is 6.79. The number of ether oxygens (including phenoxy) is 1. The summed E-state index contributed by atoms with van der Waals surface area (Å²) in [6, 6.07) is 10.7. The molecule has 0 aliphatic carbocycles. The van der Waals surface area contributed by atoms with Crippen LogP contribution in [0.3, 0.4) is 0 Å². The fraction of sp³-hybridized carbons (Fsp3) is 0.609. The van der Waals surface area contributed by atoms with Gasteiger partial charge < -0.3 is 15.0 Å². The Morgan fingerprint density at radius 3 is 2.73 bits per heavy atom. The van der Waals surface area contributed by atoms with E-state index in [1.165, 1.54) is 12.0 Å². The summed E-state index contributed by atoms with van der Waals surface area (Å²) in [5.74, 6) is -0.341. The molecule has 1 unspecified atom stereocenters. The van der Waals surface area contributed by atoms with Gasteiger partial charge in [0, 0.05) is 32.5 Å². The van der Waals surface area contributed by atoms with E-state index in [4.69, 9.17) is 4.74 Å². The summed E-state index contributed by atoms with van der Waals surface area (Å²) in [6.07, 6.45) is 7.30. The molecule has 0 aromatic heterocycles. The van der Waals surface area contributed by atoms with Gasteiger partial charge in [-0.1, -0.05) is 30.3 Å². The lowest BCUT2D eigenvalue weighted by molar-refractivity contribution is -0.121. The molecule has 1 aromatic carbocycles. The number of hydrazone groups is 1. The summed E-state index contributed by atoms with van der Waals surface area (Å²) >= 11 is 0. The zero-order chi connectivity index (χ0) is 20.8. The molecular weight excluding hydrogens is 380 g/mol. The van der Waals surface area contributed by atoms with Crippen molar-refractivity contribution in [2.24, 2.45) is 5.10 Å². The minimum Gasteiger partial charge on any atom is -0.370 e. The van der Waals surface area contributed by atoms with Gasteiger partial charge in [0.05, 0.1) is 11.7 Å². The lowest BCUT2D eigenvalue weighted by atomic mass is 9.88. The summed E-state index contributed by atoms with van der Waals surface area (Å²) in [5, 5.41) is 6.78. The summed E-state index contributed by atoms with van der Waals surface area (Å²) in [7, 11) is 0. The van der Waals surface area contributed by atoms with Gasteiger partial charge in [-0.05, 0) is 50.6 Å². The maximum Gasteiger partial charge on any atom is 0.267 e. The van der Waals surface area contributed by atoms with Gasteiger partial charge in [0.1, 0.15) is 5.71 Å². The predicted octanol–water partition coefficient (Wildman–Crippen LogP) is 2.01. The average Bonchev–Trinajstić information content (AvgIpc) is 3.17. The Bertz CT molecular complexity index is 772. The van der Waals surface area contributed by atoms with E-state index in [0.29, 0.717) is 25.1 Å². The summed E-state index contributed by atoms with van der Waals surface area (Å²) < 4.78 is 6.42. The molecular formula is C23H32N4O3. The molecule has 1 spiro atoms. The zero-order valence-electron chi connectivity index (χ0n) is 17.6. The SMILES string of the molecule is O=C1CCC(C(=O)NCC2CCC3(CCN(CCCc4ccccc4)CC3)O2)=NN1. The number of hydrogen-bond donors (Lipinski definition) is 2. The van der Waals surface area contributed by atoms with E-state index >= 15 is 0 Å². The number of amides is 2. The first-order chi connectivity index (χ1) is 14.6. The highest BCUT2D eigenvalue weighted by atomic mass is 16.5. The second kappa shape index (κ2) is 9.71. The van der Waals surface area contributed by atoms with E-state index in [9.17, 15) is 9.59 Å². The van der Waals surface area contributed by atoms with Crippen LogP contribution in [0.2, 0.25) is 0 Å². The summed E-state index contributed by atoms with van der Waals surface area (Å²) in [6.45, 7) is 3.83. The second-order valence-corrected chi connectivity index (χ2v) is 8.70. The quantitative estimate of drug-likeness (QED) is 0.718. The molecule has 0 bridgehead atoms. The van der Waals surface area contributed by atoms with Crippen molar-refractivity contribution in [2.45, 2.75) is 63.1 Å². The van der Waals surface area contributed by atoms with Crippen LogP contribution in [0.15, 0.2) is 35.4 Å². The van der Waals surface area contributed by atoms with Crippen molar-refractivity contribution in [1.82, 2.24) is 15.6 Å². The lowest BCUT2D eigenvalue weighted by Gasteiger charge is -2.39. The summed E-state index contributed by atoms with van der Waals surface area (Å²) in [5.41, 5.74) is 4.16. The third-order valence-corrected chi connectivity index (χ3v) is 6.55. The van der Waals surface area contributed by atoms with Crippen LogP contribution in [0.4, 0.5) is 0 Å². The van der Waals surface area contributed by atoms with Crippen LogP contribution in [0.25, 0.3) is 0 Å². The molecule has 2 amide bonds. The van der Waals surface area contributed by atoms with Crippen molar-refractivity contribution in [3.63, 3.8) is 0 Å². The Labute approximate surface area is 178 Å². The summed E-state index contributed by atoms with van der Waals surface area (Å²) in [4.78, 5) is 25.9. The van der Waals surface area contributed by atoms with Gasteiger partial charge in [-0.25, -0.2) is 5.43 Å². The maximum absolute atomic E-state index is 12.2. The van der Waals surface area contributed by atoms with E-state index < -0.39 is 0 Å². The molecule has 30 heavy (non-hydrogen) atoms. The van der Waals surface area contributed by atoms with Gasteiger partial charge in [0.15, 0.2) is 0 Å². The third kappa shape index (κ3) is 5.46. The number of nitrogens with one attached hydrogen (secondary N) is 2. The Morgan fingerprint density at radius 1 is 1.20 bits per heavy atom. The number of likely N-dealkylation sites (tertiary alicyclic amines) is 1. The molecule has 3 aliphatic rings. The van der Waals surface area contributed by atoms with Crippen molar-refractivity contribution in [3.05, 3.63) is 35.9 Å². The molecule has 7 nitrogen and oxygen atoms in total. The van der Waals surface area contributed by atoms with E-state index in [1.807, 2.05) is 0 Å². The van der Waals surface area contributed by atoms with Crippen molar-refractivity contribution in [2.75, 3.05) is 26.2 Å². The number of benzene rings is 1. The molecule has 7 heteroatoms. The first kappa shape index (κ1) is 21.0. The normalized spacial score (nSPS) is 23.8. The van der Waals surface area contributed by atoms with Gasteiger partial charge >= 0.3 is 0 Å². The fourth-order valence-electron chi connectivity index (χ4n) is 4.69. The van der Waals surface area contributed by atoms with Crippen LogP contribution in [-0.4, -0.2) is 60.3 Å². The number of carbonyl (C=O) groups is 2. The van der Waals surface area contributed by atoms with E-state index in [1.54, 1.807) is 0 Å². The molecule has 4 rings (SSSR count). The number of piperidine rings is 1. The van der Waals surface area contributed by atoms with Gasteiger partial charge in [-0.15, -0.1) is 0 Å². The van der Waals surface area contributed by atoms with Crippen LogP contribution in [-0.2, 0) is 20.7 Å². The number of aryl methyl sites for hydroxylation is 1. The molecule has 0 saturated carbocycles. The first-order valence-electron chi connectivity index (χ1n) is 11.2. The minimum absolute atomic E-state index is 0.0122. The average molecular weight is 413 g/mol. The minimum atomic E-state index is -0.201. The zero-order valence-corrected chi connectivity index (χ0v) is 17.6. The van der Waals surface area contributed by atoms with Gasteiger partial charge in [-0.2, -0.15) is 5.10 Å². The number of carbonyl (C=O) groups excluding carboxylic acids is 2. The smallest absolute Gasteiger partial charge is 0.267 e. The fourth-order valence-corrected chi connectivity index (χ4v) is 4.69. The maximum atomic E-state index is 12.2. The monoisotopic (exact) mass is 412 g/mol.